The van der Waals surface area contributed by atoms with Gasteiger partial charge in [-0.2, -0.15) is 9.40 Å². The lowest BCUT2D eigenvalue weighted by molar-refractivity contribution is 0.347. The van der Waals surface area contributed by atoms with Crippen LogP contribution in [0.5, 0.6) is 0 Å². The summed E-state index contributed by atoms with van der Waals surface area (Å²) in [6, 6.07) is 9.94. The Morgan fingerprint density at radius 1 is 1.14 bits per heavy atom. The number of rotatable bonds is 6. The van der Waals surface area contributed by atoms with Crippen molar-refractivity contribution in [1.82, 2.24) is 14.1 Å². The third kappa shape index (κ3) is 4.33. The Bertz CT molecular complexity index is 890. The summed E-state index contributed by atoms with van der Waals surface area (Å²) in [4.78, 5) is 0.358. The molecule has 0 saturated heterocycles. The topological polar surface area (TPSA) is 55.2 Å². The monoisotopic (exact) mass is 403 g/mol. The third-order valence-corrected chi connectivity index (χ3v) is 7.47. The van der Waals surface area contributed by atoms with Crippen molar-refractivity contribution in [3.05, 3.63) is 47.8 Å². The molecule has 0 aliphatic heterocycles. The number of benzene rings is 1. The summed E-state index contributed by atoms with van der Waals surface area (Å²) in [6.45, 7) is 10.3. The van der Waals surface area contributed by atoms with Crippen LogP contribution in [0.2, 0.25) is 0 Å². The van der Waals surface area contributed by atoms with Crippen LogP contribution in [0.1, 0.15) is 77.6 Å². The molecule has 5 nitrogen and oxygen atoms in total. The lowest BCUT2D eigenvalue weighted by Gasteiger charge is -2.27. The molecule has 1 aliphatic carbocycles. The molecule has 1 saturated carbocycles. The molecular formula is C22H33N3O2S. The molecule has 1 heterocycles. The highest BCUT2D eigenvalue weighted by molar-refractivity contribution is 7.89. The average Bonchev–Trinajstić information content (AvgIpc) is 3.29. The molecule has 0 radical (unpaired) electrons. The summed E-state index contributed by atoms with van der Waals surface area (Å²) in [5.41, 5.74) is 1.31. The average molecular weight is 404 g/mol. The quantitative estimate of drug-likeness (QED) is 0.690. The van der Waals surface area contributed by atoms with Crippen LogP contribution in [-0.2, 0) is 22.0 Å². The van der Waals surface area contributed by atoms with Gasteiger partial charge in [-0.1, -0.05) is 63.9 Å². The minimum Gasteiger partial charge on any atom is -0.268 e. The maximum atomic E-state index is 13.7. The maximum Gasteiger partial charge on any atom is 0.247 e. The Balaban J connectivity index is 2.05. The van der Waals surface area contributed by atoms with Gasteiger partial charge in [-0.05, 0) is 32.3 Å². The molecule has 154 valence electrons. The second-order valence-corrected chi connectivity index (χ2v) is 11.0. The van der Waals surface area contributed by atoms with Crippen molar-refractivity contribution in [3.8, 4) is 0 Å². The van der Waals surface area contributed by atoms with Gasteiger partial charge in [0.25, 0.3) is 0 Å². The summed E-state index contributed by atoms with van der Waals surface area (Å²) in [6.07, 6.45) is 6.30. The van der Waals surface area contributed by atoms with E-state index in [4.69, 9.17) is 5.10 Å². The van der Waals surface area contributed by atoms with Crippen molar-refractivity contribution in [2.24, 2.45) is 0 Å². The highest BCUT2D eigenvalue weighted by Crippen LogP contribution is 2.35. The van der Waals surface area contributed by atoms with Crippen LogP contribution in [0, 0.1) is 0 Å². The van der Waals surface area contributed by atoms with Gasteiger partial charge in [0.15, 0.2) is 0 Å². The largest absolute Gasteiger partial charge is 0.268 e. The van der Waals surface area contributed by atoms with E-state index in [2.05, 4.69) is 0 Å². The van der Waals surface area contributed by atoms with Gasteiger partial charge in [0.1, 0.15) is 4.90 Å². The van der Waals surface area contributed by atoms with E-state index in [-0.39, 0.29) is 11.5 Å². The number of hydrogen-bond acceptors (Lipinski definition) is 3. The predicted molar refractivity (Wildman–Crippen MR) is 113 cm³/mol. The van der Waals surface area contributed by atoms with Gasteiger partial charge in [-0.15, -0.1) is 0 Å². The van der Waals surface area contributed by atoms with Crippen LogP contribution >= 0.6 is 0 Å². The van der Waals surface area contributed by atoms with Crippen LogP contribution in [-0.4, -0.2) is 28.5 Å². The Labute approximate surface area is 169 Å². The summed E-state index contributed by atoms with van der Waals surface area (Å²) in [7, 11) is -3.67. The number of hydrogen-bond donors (Lipinski definition) is 0. The molecule has 3 rings (SSSR count). The Morgan fingerprint density at radius 2 is 1.75 bits per heavy atom. The summed E-state index contributed by atoms with van der Waals surface area (Å²) in [5, 5.41) is 4.79. The van der Waals surface area contributed by atoms with Crippen molar-refractivity contribution in [1.29, 1.82) is 0 Å². The Kier molecular flexibility index (Phi) is 6.01. The van der Waals surface area contributed by atoms with Gasteiger partial charge in [-0.3, -0.25) is 4.68 Å². The number of nitrogens with zero attached hydrogens (tertiary/aromatic N) is 3. The van der Waals surface area contributed by atoms with Crippen LogP contribution < -0.4 is 0 Å². The molecule has 0 unspecified atom stereocenters. The molecule has 1 fully saturated rings. The predicted octanol–water partition coefficient (Wildman–Crippen LogP) is 4.90. The van der Waals surface area contributed by atoms with Gasteiger partial charge < -0.3 is 0 Å². The van der Waals surface area contributed by atoms with E-state index in [1.54, 1.807) is 10.5 Å². The van der Waals surface area contributed by atoms with E-state index >= 15 is 0 Å². The molecule has 1 aliphatic rings. The molecule has 2 aromatic rings. The van der Waals surface area contributed by atoms with Crippen molar-refractivity contribution in [2.45, 2.75) is 89.2 Å². The van der Waals surface area contributed by atoms with Gasteiger partial charge in [-0.25, -0.2) is 8.42 Å². The molecule has 6 heteroatoms. The second-order valence-electron chi connectivity index (χ2n) is 9.14. The molecule has 0 spiro atoms. The van der Waals surface area contributed by atoms with Crippen molar-refractivity contribution in [2.75, 3.05) is 0 Å². The van der Waals surface area contributed by atoms with Gasteiger partial charge in [0.05, 0.1) is 11.7 Å². The van der Waals surface area contributed by atoms with Crippen molar-refractivity contribution in [3.63, 3.8) is 0 Å². The van der Waals surface area contributed by atoms with Crippen molar-refractivity contribution >= 4 is 10.0 Å². The first kappa shape index (κ1) is 21.1. The smallest absolute Gasteiger partial charge is 0.247 e. The summed E-state index contributed by atoms with van der Waals surface area (Å²) >= 11 is 0. The number of sulfonamides is 1. The lowest BCUT2D eigenvalue weighted by Crippen LogP contribution is -2.37. The van der Waals surface area contributed by atoms with E-state index in [9.17, 15) is 8.42 Å². The van der Waals surface area contributed by atoms with E-state index in [0.717, 1.165) is 18.4 Å². The van der Waals surface area contributed by atoms with Crippen molar-refractivity contribution < 1.29 is 8.42 Å². The van der Waals surface area contributed by atoms with Gasteiger partial charge >= 0.3 is 0 Å². The van der Waals surface area contributed by atoms with Crippen LogP contribution in [0.4, 0.5) is 0 Å². The number of aromatic nitrogens is 2. The minimum atomic E-state index is -3.67. The van der Waals surface area contributed by atoms with E-state index in [1.165, 1.54) is 12.8 Å². The van der Waals surface area contributed by atoms with E-state index in [1.807, 2.05) is 69.6 Å². The summed E-state index contributed by atoms with van der Waals surface area (Å²) < 4.78 is 31.0. The van der Waals surface area contributed by atoms with Crippen LogP contribution in [0.3, 0.4) is 0 Å². The van der Waals surface area contributed by atoms with Crippen LogP contribution in [0.25, 0.3) is 0 Å². The first-order valence-corrected chi connectivity index (χ1v) is 11.7. The fraction of sp³-hybridized carbons (Fsp3) is 0.591. The first-order chi connectivity index (χ1) is 13.1. The molecule has 0 amide bonds. The van der Waals surface area contributed by atoms with Gasteiger partial charge in [0, 0.05) is 24.2 Å². The summed E-state index contributed by atoms with van der Waals surface area (Å²) in [5.74, 6) is 0. The second kappa shape index (κ2) is 7.99. The van der Waals surface area contributed by atoms with E-state index in [0.29, 0.717) is 23.2 Å². The highest BCUT2D eigenvalue weighted by atomic mass is 32.2. The SMILES string of the molecule is CC(C)N(Cc1ccccc1)S(=O)(=O)c1cn(C2CCCC2)nc1C(C)(C)C. The molecule has 1 aromatic carbocycles. The molecule has 0 atom stereocenters. The van der Waals surface area contributed by atoms with E-state index < -0.39 is 10.0 Å². The first-order valence-electron chi connectivity index (χ1n) is 10.3. The zero-order valence-corrected chi connectivity index (χ0v) is 18.5. The van der Waals surface area contributed by atoms with Gasteiger partial charge in [0.2, 0.25) is 10.0 Å². The van der Waals surface area contributed by atoms with Crippen LogP contribution in [0.15, 0.2) is 41.4 Å². The maximum absolute atomic E-state index is 13.7. The zero-order valence-electron chi connectivity index (χ0n) is 17.7. The normalized spacial score (nSPS) is 16.4. The molecule has 1 aromatic heterocycles. The molecule has 0 N–H and O–H groups in total. The minimum absolute atomic E-state index is 0.146. The zero-order chi connectivity index (χ0) is 20.5. The standard InChI is InChI=1S/C22H33N3O2S/c1-17(2)25(15-18-11-7-6-8-12-18)28(26,27)20-16-24(19-13-9-10-14-19)23-21(20)22(3,4)5/h6-8,11-12,16-17,19H,9-10,13-15H2,1-5H3. The Morgan fingerprint density at radius 3 is 2.29 bits per heavy atom. The Hall–Kier alpha value is -1.66. The third-order valence-electron chi connectivity index (χ3n) is 5.45. The highest BCUT2D eigenvalue weighted by Gasteiger charge is 2.36. The fourth-order valence-corrected chi connectivity index (χ4v) is 5.83. The molecule has 0 bridgehead atoms. The molecule has 28 heavy (non-hydrogen) atoms. The molecular weight excluding hydrogens is 370 g/mol. The lowest BCUT2D eigenvalue weighted by atomic mass is 9.92. The fourth-order valence-electron chi connectivity index (χ4n) is 3.87.